The monoisotopic (exact) mass is 944 g/mol. The fraction of sp³-hybridized carbons (Fsp3) is 0.462. The molecule has 0 spiro atoms. The Morgan fingerprint density at radius 3 is 1.52 bits per heavy atom. The van der Waals surface area contributed by atoms with Gasteiger partial charge in [-0.2, -0.15) is 23.5 Å². The van der Waals surface area contributed by atoms with E-state index in [1.165, 1.54) is 35.1 Å². The van der Waals surface area contributed by atoms with Crippen molar-refractivity contribution in [3.05, 3.63) is 118 Å². The van der Waals surface area contributed by atoms with Crippen molar-refractivity contribution in [2.75, 3.05) is 28.6 Å². The molecule has 1 fully saturated rings. The van der Waals surface area contributed by atoms with Gasteiger partial charge in [0.15, 0.2) is 5.17 Å². The van der Waals surface area contributed by atoms with Gasteiger partial charge in [-0.15, -0.1) is 40.4 Å². The van der Waals surface area contributed by atoms with Crippen molar-refractivity contribution >= 4 is 91.2 Å². The normalized spacial score (nSPS) is 12.3. The first kappa shape index (κ1) is 56.2. The third-order valence-electron chi connectivity index (χ3n) is 6.03. The molecule has 1 saturated heterocycles. The summed E-state index contributed by atoms with van der Waals surface area (Å²) in [6.45, 7) is 12.8. The molecule has 1 atom stereocenters. The van der Waals surface area contributed by atoms with E-state index in [2.05, 4.69) is 54.1 Å². The molecule has 4 aromatic rings. The maximum absolute atomic E-state index is 10.1. The molecule has 0 bridgehead atoms. The van der Waals surface area contributed by atoms with Gasteiger partial charge in [-0.1, -0.05) is 72.7 Å². The van der Waals surface area contributed by atoms with Crippen molar-refractivity contribution in [1.82, 2.24) is 19.9 Å². The molecule has 5 rings (SSSR count). The molecule has 1 aliphatic rings. The number of hydrogen-bond donors (Lipinski definition) is 2. The van der Waals surface area contributed by atoms with Gasteiger partial charge in [0, 0.05) is 94.5 Å². The first-order valence-corrected chi connectivity index (χ1v) is 22.8. The number of halogens is 4. The average Bonchev–Trinajstić information content (AvgIpc) is 3.10. The summed E-state index contributed by atoms with van der Waals surface area (Å²) in [5.41, 5.74) is 13.5. The summed E-state index contributed by atoms with van der Waals surface area (Å²) < 4.78 is 0. The van der Waals surface area contributed by atoms with Crippen LogP contribution in [0, 0.1) is 33.1 Å². The van der Waals surface area contributed by atoms with E-state index >= 15 is 0 Å². The molecule has 296 valence electrons. The Kier molecular flexibility index (Phi) is 36.5. The van der Waals surface area contributed by atoms with Crippen LogP contribution in [0.25, 0.3) is 0 Å². The second-order valence-corrected chi connectivity index (χ2v) is 17.6. The molecule has 7 nitrogen and oxygen atoms in total. The standard InChI is InChI=1S/C9H12ClNS.C9H11NS.C8H11N3S.C7H8ClN.C4H9O.C2H4BrCl.K.H2/c1-8-2-3-9(6-11-8)7-12-5-4-10;1-7-2-3-8(6-10-7)9-4-5-11-9;1-6-2-3-7(4-11-6)5-12-8(9)10;1-6-2-3-7(4-8)5-9-6;1-4(2,3)5;3-1-2-4;;/h2-3,6H,4-5,7H2,1H3;2-3,6,9H,4-5H2,1H3;2-4H,5H2,1H3,(H3,9,10);2-3,5H,4H2,1H3;1-3H3;1-2H2;;1H/q;;;;-1;;+1;. The van der Waals surface area contributed by atoms with Crippen molar-refractivity contribution < 1.29 is 57.9 Å². The molecule has 0 saturated carbocycles. The Balaban J connectivity index is -0.000000606. The van der Waals surface area contributed by atoms with E-state index in [1.54, 1.807) is 27.0 Å². The van der Waals surface area contributed by atoms with Crippen LogP contribution < -0.4 is 62.2 Å². The molecule has 4 aromatic heterocycles. The minimum atomic E-state index is -0.750. The minimum absolute atomic E-state index is 0. The van der Waals surface area contributed by atoms with Crippen LogP contribution in [0.15, 0.2) is 73.3 Å². The predicted octanol–water partition coefficient (Wildman–Crippen LogP) is 8.09. The Hall–Kier alpha value is 0.0664. The smallest absolute Gasteiger partial charge is 0.850 e. The van der Waals surface area contributed by atoms with Gasteiger partial charge < -0.3 is 10.8 Å². The Labute approximate surface area is 405 Å². The first-order chi connectivity index (χ1) is 25.1. The number of amidine groups is 1. The fourth-order valence-corrected chi connectivity index (χ4v) is 5.76. The van der Waals surface area contributed by atoms with Crippen molar-refractivity contribution in [3.8, 4) is 0 Å². The van der Waals surface area contributed by atoms with E-state index < -0.39 is 5.60 Å². The number of pyridine rings is 4. The molecular weight excluding hydrogens is 890 g/mol. The molecule has 0 aromatic carbocycles. The molecule has 0 radical (unpaired) electrons. The van der Waals surface area contributed by atoms with Crippen LogP contribution in [0.4, 0.5) is 0 Å². The van der Waals surface area contributed by atoms with Gasteiger partial charge in [-0.25, -0.2) is 0 Å². The van der Waals surface area contributed by atoms with Gasteiger partial charge in [-0.3, -0.25) is 25.3 Å². The van der Waals surface area contributed by atoms with Crippen molar-refractivity contribution in [2.45, 2.75) is 83.1 Å². The summed E-state index contributed by atoms with van der Waals surface area (Å²) in [6, 6.07) is 16.3. The maximum atomic E-state index is 10.1. The van der Waals surface area contributed by atoms with E-state index in [0.717, 1.165) is 67.6 Å². The zero-order chi connectivity index (χ0) is 40.1. The average molecular weight is 947 g/mol. The molecule has 1 unspecified atom stereocenters. The third-order valence-corrected chi connectivity index (χ3v) is 11.0. The number of aromatic nitrogens is 4. The fourth-order valence-electron chi connectivity index (χ4n) is 3.32. The Bertz CT molecular complexity index is 1490. The molecule has 15 heteroatoms. The zero-order valence-corrected chi connectivity index (χ0v) is 42.3. The molecule has 0 aliphatic carbocycles. The van der Waals surface area contributed by atoms with Crippen LogP contribution >= 0.6 is 86.0 Å². The summed E-state index contributed by atoms with van der Waals surface area (Å²) in [7, 11) is 0. The molecule has 0 amide bonds. The SMILES string of the molecule is CC(C)(C)[O-].Cc1ccc(C2CCS2)cn1.Cc1ccc(CCl)cn1.Cc1ccc(CSC(=N)N)cn1.Cc1ccc(CSCCCl)cn1.ClCCBr.[HH].[K+]. The predicted molar refractivity (Wildman–Crippen MR) is 242 cm³/mol. The van der Waals surface area contributed by atoms with Crippen LogP contribution in [0.5, 0.6) is 0 Å². The number of thioether (sulfide) groups is 3. The number of alkyl halides is 4. The number of aryl methyl sites for hydroxylation is 4. The third kappa shape index (κ3) is 34.1. The van der Waals surface area contributed by atoms with Gasteiger partial charge in [0.25, 0.3) is 0 Å². The molecular formula is C39H57BrCl3KN6OS3. The molecule has 1 aliphatic heterocycles. The molecule has 3 N–H and O–H groups in total. The van der Waals surface area contributed by atoms with E-state index in [4.69, 9.17) is 45.9 Å². The van der Waals surface area contributed by atoms with E-state index in [9.17, 15) is 5.11 Å². The van der Waals surface area contributed by atoms with Crippen LogP contribution in [-0.2, 0) is 17.4 Å². The molecule has 54 heavy (non-hydrogen) atoms. The number of hydrogen-bond acceptors (Lipinski definition) is 9. The number of nitrogens with zero attached hydrogens (tertiary/aromatic N) is 4. The van der Waals surface area contributed by atoms with Gasteiger partial charge in [0.1, 0.15) is 0 Å². The summed E-state index contributed by atoms with van der Waals surface area (Å²) in [5.74, 6) is 6.05. The van der Waals surface area contributed by atoms with Crippen LogP contribution in [-0.4, -0.2) is 59.3 Å². The maximum Gasteiger partial charge on any atom is 1.00 e. The van der Waals surface area contributed by atoms with Crippen LogP contribution in [0.2, 0.25) is 0 Å². The van der Waals surface area contributed by atoms with E-state index in [-0.39, 0.29) is 58.0 Å². The Morgan fingerprint density at radius 1 is 0.815 bits per heavy atom. The molecule has 5 heterocycles. The van der Waals surface area contributed by atoms with Crippen molar-refractivity contribution in [3.63, 3.8) is 0 Å². The quantitative estimate of drug-likeness (QED) is 0.0564. The van der Waals surface area contributed by atoms with E-state index in [1.807, 2.05) is 100 Å². The first-order valence-electron chi connectivity index (χ1n) is 16.9. The van der Waals surface area contributed by atoms with Crippen molar-refractivity contribution in [2.24, 2.45) is 5.73 Å². The number of rotatable bonds is 9. The van der Waals surface area contributed by atoms with E-state index in [0.29, 0.717) is 11.8 Å². The Morgan fingerprint density at radius 2 is 1.22 bits per heavy atom. The summed E-state index contributed by atoms with van der Waals surface area (Å²) >= 11 is 24.5. The summed E-state index contributed by atoms with van der Waals surface area (Å²) in [6.07, 6.45) is 8.87. The summed E-state index contributed by atoms with van der Waals surface area (Å²) in [5, 5.41) is 18.9. The van der Waals surface area contributed by atoms with Crippen molar-refractivity contribution in [1.29, 1.82) is 5.41 Å². The topological polar surface area (TPSA) is 124 Å². The van der Waals surface area contributed by atoms with Gasteiger partial charge in [-0.05, 0) is 86.4 Å². The van der Waals surface area contributed by atoms with Gasteiger partial charge in [0.2, 0.25) is 0 Å². The summed E-state index contributed by atoms with van der Waals surface area (Å²) in [4.78, 5) is 16.7. The second-order valence-electron chi connectivity index (χ2n) is 12.3. The zero-order valence-electron chi connectivity index (χ0n) is 32.9. The number of nitrogens with two attached hydrogens (primary N) is 1. The largest absolute Gasteiger partial charge is 1.00 e. The van der Waals surface area contributed by atoms with Crippen LogP contribution in [0.1, 0.15) is 78.9 Å². The van der Waals surface area contributed by atoms with Crippen LogP contribution in [0.3, 0.4) is 0 Å². The minimum Gasteiger partial charge on any atom is -0.850 e. The van der Waals surface area contributed by atoms with Gasteiger partial charge >= 0.3 is 51.4 Å². The van der Waals surface area contributed by atoms with Gasteiger partial charge in [0.05, 0.1) is 0 Å². The second kappa shape index (κ2) is 35.0. The number of nitrogens with one attached hydrogen (secondary N) is 1.